The van der Waals surface area contributed by atoms with Gasteiger partial charge in [-0.3, -0.25) is 4.31 Å². The molecule has 1 aromatic heterocycles. The van der Waals surface area contributed by atoms with Gasteiger partial charge < -0.3 is 9.64 Å². The molecule has 136 valence electrons. The van der Waals surface area contributed by atoms with E-state index in [0.717, 1.165) is 30.4 Å². The summed E-state index contributed by atoms with van der Waals surface area (Å²) in [5, 5.41) is 0.644. The molecular weight excluding hydrogens is 394 g/mol. The first-order valence-electron chi connectivity index (χ1n) is 8.01. The number of hydrogen-bond acceptors (Lipinski definition) is 5. The van der Waals surface area contributed by atoms with E-state index in [2.05, 4.69) is 32.7 Å². The number of sulfonamides is 1. The minimum absolute atomic E-state index is 0.440. The van der Waals surface area contributed by atoms with Crippen LogP contribution in [-0.2, 0) is 20.1 Å². The van der Waals surface area contributed by atoms with E-state index >= 15 is 0 Å². The quantitative estimate of drug-likeness (QED) is 0.575. The Labute approximate surface area is 153 Å². The van der Waals surface area contributed by atoms with Gasteiger partial charge in [0.2, 0.25) is 10.0 Å². The summed E-state index contributed by atoms with van der Waals surface area (Å²) in [5.74, 6) is 2.66. The lowest BCUT2D eigenvalue weighted by molar-refractivity contribution is 0.204. The average Bonchev–Trinajstić information content (AvgIpc) is 3.24. The highest BCUT2D eigenvalue weighted by Gasteiger charge is 2.34. The molecule has 1 aliphatic carbocycles. The molecule has 0 aromatic carbocycles. The summed E-state index contributed by atoms with van der Waals surface area (Å²) < 4.78 is 30.2. The maximum absolute atomic E-state index is 11.9. The van der Waals surface area contributed by atoms with E-state index in [-0.39, 0.29) is 0 Å². The molecule has 0 saturated heterocycles. The molecule has 0 spiro atoms. The maximum atomic E-state index is 11.9. The highest BCUT2D eigenvalue weighted by Crippen LogP contribution is 2.39. The molecule has 0 unspecified atom stereocenters. The van der Waals surface area contributed by atoms with Crippen molar-refractivity contribution in [3.8, 4) is 0 Å². The summed E-state index contributed by atoms with van der Waals surface area (Å²) in [7, 11) is -0.134. The second kappa shape index (κ2) is 8.01. The number of pyridine rings is 1. The first-order chi connectivity index (χ1) is 11.3. The number of ether oxygens (including phenoxy) is 1. The lowest BCUT2D eigenvalue weighted by atomic mass is 10.2. The van der Waals surface area contributed by atoms with Gasteiger partial charge in [0.25, 0.3) is 0 Å². The number of rotatable bonds is 9. The van der Waals surface area contributed by atoms with Crippen molar-refractivity contribution in [3.63, 3.8) is 0 Å². The molecule has 1 fully saturated rings. The molecule has 0 amide bonds. The molecule has 0 N–H and O–H groups in total. The summed E-state index contributed by atoms with van der Waals surface area (Å²) in [6.07, 6.45) is 2.42. The molecule has 0 aliphatic heterocycles. The topological polar surface area (TPSA) is 62.7 Å². The zero-order valence-corrected chi connectivity index (χ0v) is 17.1. The Morgan fingerprint density at radius 3 is 2.50 bits per heavy atom. The highest BCUT2D eigenvalue weighted by atomic mass is 79.9. The first kappa shape index (κ1) is 19.5. The van der Waals surface area contributed by atoms with E-state index in [0.29, 0.717) is 23.7 Å². The first-order valence-corrected chi connectivity index (χ1v) is 11.0. The highest BCUT2D eigenvalue weighted by molar-refractivity contribution is 9.08. The van der Waals surface area contributed by atoms with Gasteiger partial charge in [-0.05, 0) is 36.0 Å². The number of methoxy groups -OCH3 is 1. The van der Waals surface area contributed by atoms with Crippen LogP contribution in [0, 0.1) is 11.8 Å². The van der Waals surface area contributed by atoms with Crippen LogP contribution in [0.25, 0.3) is 0 Å². The molecule has 8 heteroatoms. The monoisotopic (exact) mass is 419 g/mol. The molecule has 2 rings (SSSR count). The zero-order valence-electron chi connectivity index (χ0n) is 14.7. The Bertz CT molecular complexity index is 669. The third-order valence-electron chi connectivity index (χ3n) is 4.45. The molecule has 1 aliphatic rings. The standard InChI is InChI=1S/C16H26BrN3O3S/c1-12-7-14(12)11-20(5-6-23-3)16-9-13(10-17)8-15(18-16)19(2)24(4,21)22/h8-9,12,14H,5-7,10-11H2,1-4H3/t12-,14+/m0/s1. The van der Waals surface area contributed by atoms with Crippen molar-refractivity contribution in [1.29, 1.82) is 0 Å². The summed E-state index contributed by atoms with van der Waals surface area (Å²) in [4.78, 5) is 6.80. The lowest BCUT2D eigenvalue weighted by Gasteiger charge is -2.26. The number of hydrogen-bond donors (Lipinski definition) is 0. The van der Waals surface area contributed by atoms with E-state index in [4.69, 9.17) is 4.74 Å². The second-order valence-corrected chi connectivity index (χ2v) is 9.04. The molecular formula is C16H26BrN3O3S. The fourth-order valence-corrected chi connectivity index (χ4v) is 3.32. The number of halogens is 1. The SMILES string of the molecule is COCCN(C[C@H]1C[C@@H]1C)c1cc(CBr)cc(N(C)S(C)(=O)=O)n1. The van der Waals surface area contributed by atoms with Crippen molar-refractivity contribution < 1.29 is 13.2 Å². The van der Waals surface area contributed by atoms with Crippen LogP contribution in [0.5, 0.6) is 0 Å². The second-order valence-electron chi connectivity index (χ2n) is 6.47. The summed E-state index contributed by atoms with van der Waals surface area (Å²) in [6.45, 7) is 4.52. The summed E-state index contributed by atoms with van der Waals surface area (Å²) in [5.41, 5.74) is 0.997. The summed E-state index contributed by atoms with van der Waals surface area (Å²) >= 11 is 3.46. The Balaban J connectivity index is 2.33. The van der Waals surface area contributed by atoms with Crippen molar-refractivity contribution in [3.05, 3.63) is 17.7 Å². The van der Waals surface area contributed by atoms with Crippen LogP contribution in [0.3, 0.4) is 0 Å². The maximum Gasteiger partial charge on any atom is 0.233 e. The molecule has 2 atom stereocenters. The van der Waals surface area contributed by atoms with Gasteiger partial charge in [-0.1, -0.05) is 22.9 Å². The van der Waals surface area contributed by atoms with Crippen LogP contribution in [0.4, 0.5) is 11.6 Å². The van der Waals surface area contributed by atoms with Crippen LogP contribution in [0.15, 0.2) is 12.1 Å². The minimum Gasteiger partial charge on any atom is -0.383 e. The fourth-order valence-electron chi connectivity index (χ4n) is 2.56. The molecule has 1 saturated carbocycles. The van der Waals surface area contributed by atoms with Gasteiger partial charge in [0.15, 0.2) is 0 Å². The number of anilines is 2. The van der Waals surface area contributed by atoms with E-state index in [9.17, 15) is 8.42 Å². The molecule has 1 heterocycles. The number of alkyl halides is 1. The van der Waals surface area contributed by atoms with Gasteiger partial charge in [-0.15, -0.1) is 0 Å². The van der Waals surface area contributed by atoms with E-state index in [1.807, 2.05) is 6.07 Å². The third kappa shape index (κ3) is 5.07. The number of nitrogens with zero attached hydrogens (tertiary/aromatic N) is 3. The predicted octanol–water partition coefficient (Wildman–Crippen LogP) is 2.48. The average molecular weight is 420 g/mol. The van der Waals surface area contributed by atoms with Gasteiger partial charge in [-0.25, -0.2) is 13.4 Å². The van der Waals surface area contributed by atoms with Crippen molar-refractivity contribution in [2.24, 2.45) is 11.8 Å². The van der Waals surface area contributed by atoms with Crippen LogP contribution >= 0.6 is 15.9 Å². The van der Waals surface area contributed by atoms with Gasteiger partial charge >= 0.3 is 0 Å². The largest absolute Gasteiger partial charge is 0.383 e. The zero-order chi connectivity index (χ0) is 17.9. The van der Waals surface area contributed by atoms with Crippen molar-refractivity contribution in [2.45, 2.75) is 18.7 Å². The molecule has 24 heavy (non-hydrogen) atoms. The Morgan fingerprint density at radius 1 is 1.38 bits per heavy atom. The molecule has 1 aromatic rings. The van der Waals surface area contributed by atoms with E-state index in [1.54, 1.807) is 13.2 Å². The van der Waals surface area contributed by atoms with Crippen molar-refractivity contribution in [1.82, 2.24) is 4.98 Å². The van der Waals surface area contributed by atoms with E-state index < -0.39 is 10.0 Å². The molecule has 6 nitrogen and oxygen atoms in total. The normalized spacial score (nSPS) is 20.0. The Kier molecular flexibility index (Phi) is 6.50. The van der Waals surface area contributed by atoms with Crippen LogP contribution in [0.1, 0.15) is 18.9 Å². The van der Waals surface area contributed by atoms with Gasteiger partial charge in [-0.2, -0.15) is 0 Å². The van der Waals surface area contributed by atoms with Crippen LogP contribution in [0.2, 0.25) is 0 Å². The fraction of sp³-hybridized carbons (Fsp3) is 0.688. The lowest BCUT2D eigenvalue weighted by Crippen LogP contribution is -2.32. The number of aromatic nitrogens is 1. The summed E-state index contributed by atoms with van der Waals surface area (Å²) in [6, 6.07) is 3.81. The van der Waals surface area contributed by atoms with E-state index in [1.165, 1.54) is 24.0 Å². The minimum atomic E-state index is -3.35. The Hall–Kier alpha value is -0.860. The van der Waals surface area contributed by atoms with Crippen molar-refractivity contribution >= 4 is 37.6 Å². The Morgan fingerprint density at radius 2 is 2.00 bits per heavy atom. The van der Waals surface area contributed by atoms with Gasteiger partial charge in [0, 0.05) is 32.6 Å². The molecule has 0 radical (unpaired) electrons. The third-order valence-corrected chi connectivity index (χ3v) is 6.28. The van der Waals surface area contributed by atoms with Gasteiger partial charge in [0.1, 0.15) is 11.6 Å². The van der Waals surface area contributed by atoms with Gasteiger partial charge in [0.05, 0.1) is 12.9 Å². The predicted molar refractivity (Wildman–Crippen MR) is 101 cm³/mol. The van der Waals surface area contributed by atoms with Crippen molar-refractivity contribution in [2.75, 3.05) is 49.3 Å². The van der Waals surface area contributed by atoms with Crippen LogP contribution < -0.4 is 9.21 Å². The van der Waals surface area contributed by atoms with Crippen LogP contribution in [-0.4, -0.2) is 53.5 Å². The molecule has 0 bridgehead atoms. The smallest absolute Gasteiger partial charge is 0.233 e.